The summed E-state index contributed by atoms with van der Waals surface area (Å²) >= 11 is 0. The number of nitrogens with zero attached hydrogens (tertiary/aromatic N) is 1. The third kappa shape index (κ3) is 2.74. The van der Waals surface area contributed by atoms with Crippen LogP contribution in [0.25, 0.3) is 0 Å². The lowest BCUT2D eigenvalue weighted by atomic mass is 9.63. The summed E-state index contributed by atoms with van der Waals surface area (Å²) in [5.41, 5.74) is 0.637. The minimum absolute atomic E-state index is 0.170. The van der Waals surface area contributed by atoms with Crippen LogP contribution >= 0.6 is 0 Å². The average Bonchev–Trinajstić information content (AvgIpc) is 2.69. The van der Waals surface area contributed by atoms with Gasteiger partial charge in [-0.1, -0.05) is 43.2 Å². The number of benzene rings is 2. The zero-order valence-electron chi connectivity index (χ0n) is 15.7. The molecule has 0 aromatic heterocycles. The molecular formula is C21H25NO4S. The second kappa shape index (κ2) is 6.84. The fourth-order valence-electron chi connectivity index (χ4n) is 4.72. The quantitative estimate of drug-likeness (QED) is 0.783. The molecule has 1 saturated heterocycles. The first kappa shape index (κ1) is 18.3. The molecule has 0 radical (unpaired) electrons. The fraction of sp³-hybridized carbons (Fsp3) is 0.429. The highest BCUT2D eigenvalue weighted by Gasteiger charge is 2.60. The van der Waals surface area contributed by atoms with Crippen LogP contribution in [-0.2, 0) is 15.6 Å². The number of ether oxygens (including phenoxy) is 2. The summed E-state index contributed by atoms with van der Waals surface area (Å²) in [5, 5.41) is 0. The van der Waals surface area contributed by atoms with Gasteiger partial charge in [0.25, 0.3) is 0 Å². The van der Waals surface area contributed by atoms with Crippen LogP contribution in [0.4, 0.5) is 0 Å². The van der Waals surface area contributed by atoms with E-state index >= 15 is 0 Å². The first-order chi connectivity index (χ1) is 13.0. The topological polar surface area (TPSA) is 55.8 Å². The Hall–Kier alpha value is -2.05. The number of methoxy groups -OCH3 is 2. The maximum Gasteiger partial charge on any atom is 0.247 e. The molecule has 0 spiro atoms. The van der Waals surface area contributed by atoms with Gasteiger partial charge in [-0.15, -0.1) is 0 Å². The first-order valence-corrected chi connectivity index (χ1v) is 10.8. The highest BCUT2D eigenvalue weighted by Crippen LogP contribution is 2.56. The van der Waals surface area contributed by atoms with Crippen LogP contribution in [0, 0.1) is 5.92 Å². The molecule has 0 amide bonds. The third-order valence-electron chi connectivity index (χ3n) is 6.08. The van der Waals surface area contributed by atoms with Crippen molar-refractivity contribution in [2.75, 3.05) is 20.8 Å². The van der Waals surface area contributed by atoms with Gasteiger partial charge in [0, 0.05) is 12.6 Å². The molecule has 144 valence electrons. The summed E-state index contributed by atoms with van der Waals surface area (Å²) in [4.78, 5) is 0.170. The molecule has 4 rings (SSSR count). The van der Waals surface area contributed by atoms with Crippen LogP contribution in [0.2, 0.25) is 0 Å². The predicted molar refractivity (Wildman–Crippen MR) is 104 cm³/mol. The van der Waals surface area contributed by atoms with Gasteiger partial charge in [-0.25, -0.2) is 8.42 Å². The standard InChI is InChI=1S/C21H25NO4S/c1-25-18-11-12-19(26-2)20(14-18)27(23,24)22-15-17-10-6-7-13-21(17,22)16-8-4-3-5-9-16/h3-5,8-9,11-12,14,17H,6-7,10,13,15H2,1-2H3/t17-,21+/m0/s1. The molecule has 2 aromatic rings. The van der Waals surface area contributed by atoms with Gasteiger partial charge in [0.2, 0.25) is 10.0 Å². The summed E-state index contributed by atoms with van der Waals surface area (Å²) in [6.45, 7) is 0.553. The van der Waals surface area contributed by atoms with E-state index in [0.717, 1.165) is 31.2 Å². The normalized spacial score (nSPS) is 25.3. The van der Waals surface area contributed by atoms with E-state index in [1.165, 1.54) is 14.2 Å². The van der Waals surface area contributed by atoms with Gasteiger partial charge < -0.3 is 9.47 Å². The minimum Gasteiger partial charge on any atom is -0.497 e. The highest BCUT2D eigenvalue weighted by atomic mass is 32.2. The van der Waals surface area contributed by atoms with Crippen molar-refractivity contribution in [1.29, 1.82) is 0 Å². The molecule has 6 heteroatoms. The first-order valence-electron chi connectivity index (χ1n) is 9.34. The molecular weight excluding hydrogens is 362 g/mol. The monoisotopic (exact) mass is 387 g/mol. The average molecular weight is 388 g/mol. The number of fused-ring (bicyclic) bond motifs is 1. The van der Waals surface area contributed by atoms with Crippen LogP contribution in [0.5, 0.6) is 11.5 Å². The lowest BCUT2D eigenvalue weighted by molar-refractivity contribution is -0.0505. The number of rotatable bonds is 5. The van der Waals surface area contributed by atoms with Gasteiger partial charge in [0.05, 0.1) is 19.8 Å². The molecule has 1 heterocycles. The van der Waals surface area contributed by atoms with E-state index in [1.807, 2.05) is 18.2 Å². The van der Waals surface area contributed by atoms with Crippen molar-refractivity contribution >= 4 is 10.0 Å². The number of sulfonamides is 1. The minimum atomic E-state index is -3.73. The summed E-state index contributed by atoms with van der Waals surface area (Å²) in [5.74, 6) is 1.21. The molecule has 27 heavy (non-hydrogen) atoms. The molecule has 2 aliphatic rings. The second-order valence-corrected chi connectivity index (χ2v) is 9.12. The zero-order valence-corrected chi connectivity index (χ0v) is 16.5. The van der Waals surface area contributed by atoms with Crippen molar-refractivity contribution in [2.45, 2.75) is 36.1 Å². The van der Waals surface area contributed by atoms with Gasteiger partial charge in [-0.2, -0.15) is 4.31 Å². The summed E-state index contributed by atoms with van der Waals surface area (Å²) in [6.07, 6.45) is 4.12. The van der Waals surface area contributed by atoms with Gasteiger partial charge >= 0.3 is 0 Å². The zero-order chi connectivity index (χ0) is 19.1. The van der Waals surface area contributed by atoms with Gasteiger partial charge in [0.15, 0.2) is 0 Å². The molecule has 1 saturated carbocycles. The van der Waals surface area contributed by atoms with Crippen LogP contribution in [0.3, 0.4) is 0 Å². The van der Waals surface area contributed by atoms with Crippen molar-refractivity contribution in [3.8, 4) is 11.5 Å². The van der Waals surface area contributed by atoms with Gasteiger partial charge in [-0.3, -0.25) is 0 Å². The van der Waals surface area contributed by atoms with E-state index in [0.29, 0.717) is 24.0 Å². The van der Waals surface area contributed by atoms with Crippen LogP contribution < -0.4 is 9.47 Å². The Morgan fingerprint density at radius 1 is 1.04 bits per heavy atom. The lowest BCUT2D eigenvalue weighted by Crippen LogP contribution is -2.67. The summed E-state index contributed by atoms with van der Waals surface area (Å²) < 4.78 is 39.7. The number of hydrogen-bond donors (Lipinski definition) is 0. The van der Waals surface area contributed by atoms with Crippen molar-refractivity contribution in [3.05, 3.63) is 54.1 Å². The molecule has 2 aromatic carbocycles. The van der Waals surface area contributed by atoms with E-state index in [1.54, 1.807) is 22.5 Å². The molecule has 1 aliphatic heterocycles. The highest BCUT2D eigenvalue weighted by molar-refractivity contribution is 7.89. The van der Waals surface area contributed by atoms with Crippen molar-refractivity contribution in [2.24, 2.45) is 5.92 Å². The van der Waals surface area contributed by atoms with E-state index in [2.05, 4.69) is 12.1 Å². The fourth-order valence-corrected chi connectivity index (χ4v) is 6.78. The molecule has 0 unspecified atom stereocenters. The maximum absolute atomic E-state index is 13.7. The van der Waals surface area contributed by atoms with Crippen molar-refractivity contribution < 1.29 is 17.9 Å². The molecule has 1 aliphatic carbocycles. The Balaban J connectivity index is 1.83. The Bertz CT molecular complexity index is 928. The maximum atomic E-state index is 13.7. The van der Waals surface area contributed by atoms with Crippen molar-refractivity contribution in [1.82, 2.24) is 4.31 Å². The third-order valence-corrected chi connectivity index (χ3v) is 8.01. The lowest BCUT2D eigenvalue weighted by Gasteiger charge is -2.60. The summed E-state index contributed by atoms with van der Waals surface area (Å²) in [7, 11) is -0.701. The summed E-state index contributed by atoms with van der Waals surface area (Å²) in [6, 6.07) is 15.0. The Labute approximate surface area is 161 Å². The molecule has 0 N–H and O–H groups in total. The molecule has 5 nitrogen and oxygen atoms in total. The van der Waals surface area contributed by atoms with Crippen molar-refractivity contribution in [3.63, 3.8) is 0 Å². The Morgan fingerprint density at radius 2 is 1.81 bits per heavy atom. The smallest absolute Gasteiger partial charge is 0.247 e. The van der Waals surface area contributed by atoms with E-state index in [9.17, 15) is 8.42 Å². The Morgan fingerprint density at radius 3 is 2.48 bits per heavy atom. The molecule has 2 atom stereocenters. The van der Waals surface area contributed by atoms with E-state index in [-0.39, 0.29) is 4.90 Å². The van der Waals surface area contributed by atoms with Crippen LogP contribution in [-0.4, -0.2) is 33.5 Å². The second-order valence-electron chi connectivity index (χ2n) is 7.29. The van der Waals surface area contributed by atoms with Crippen LogP contribution in [0.15, 0.2) is 53.4 Å². The largest absolute Gasteiger partial charge is 0.497 e. The van der Waals surface area contributed by atoms with Gasteiger partial charge in [0.1, 0.15) is 16.4 Å². The van der Waals surface area contributed by atoms with E-state index < -0.39 is 15.6 Å². The molecule has 0 bridgehead atoms. The SMILES string of the molecule is COc1ccc(OC)c(S(=O)(=O)N2C[C@@H]3CCCC[C@@]32c2ccccc2)c1. The van der Waals surface area contributed by atoms with Crippen LogP contribution in [0.1, 0.15) is 31.2 Å². The number of hydrogen-bond acceptors (Lipinski definition) is 4. The van der Waals surface area contributed by atoms with E-state index in [4.69, 9.17) is 9.47 Å². The molecule has 2 fully saturated rings. The Kier molecular flexibility index (Phi) is 4.64. The van der Waals surface area contributed by atoms with Gasteiger partial charge in [-0.05, 0) is 36.5 Å². The predicted octanol–water partition coefficient (Wildman–Crippen LogP) is 3.79.